The Morgan fingerprint density at radius 2 is 2.29 bits per heavy atom. The fraction of sp³-hybridized carbons (Fsp3) is 0.727. The molecule has 78 valence electrons. The molecular weight excluding hydrogens is 176 g/mol. The molecule has 0 saturated carbocycles. The van der Waals surface area contributed by atoms with Crippen LogP contribution in [-0.2, 0) is 4.79 Å². The van der Waals surface area contributed by atoms with E-state index in [9.17, 15) is 4.79 Å². The van der Waals surface area contributed by atoms with Crippen molar-refractivity contribution in [1.29, 1.82) is 0 Å². The molecule has 1 amide bonds. The number of nitrogens with zero attached hydrogens (tertiary/aromatic N) is 2. The molecule has 0 aromatic rings. The predicted octanol–water partition coefficient (Wildman–Crippen LogP) is 0.725. The van der Waals surface area contributed by atoms with Crippen LogP contribution in [0.15, 0.2) is 12.7 Å². The smallest absolute Gasteiger partial charge is 0.246 e. The molecule has 0 aliphatic carbocycles. The Balaban J connectivity index is 2.03. The molecule has 2 rings (SSSR count). The number of fused-ring (bicyclic) bond motifs is 1. The van der Waals surface area contributed by atoms with Gasteiger partial charge < -0.3 is 9.80 Å². The van der Waals surface area contributed by atoms with Gasteiger partial charge in [-0.1, -0.05) is 6.58 Å². The van der Waals surface area contributed by atoms with E-state index in [1.165, 1.54) is 25.5 Å². The summed E-state index contributed by atoms with van der Waals surface area (Å²) in [7, 11) is 2.17. The fourth-order valence-corrected chi connectivity index (χ4v) is 2.71. The lowest BCUT2D eigenvalue weighted by Gasteiger charge is -2.33. The highest BCUT2D eigenvalue weighted by Crippen LogP contribution is 2.29. The van der Waals surface area contributed by atoms with Crippen LogP contribution in [0.4, 0.5) is 0 Å². The Bertz CT molecular complexity index is 252. The van der Waals surface area contributed by atoms with Crippen molar-refractivity contribution in [3.63, 3.8) is 0 Å². The Morgan fingerprint density at radius 3 is 2.93 bits per heavy atom. The first kappa shape index (κ1) is 9.71. The van der Waals surface area contributed by atoms with Crippen LogP contribution >= 0.6 is 0 Å². The van der Waals surface area contributed by atoms with Gasteiger partial charge in [-0.3, -0.25) is 4.79 Å². The molecule has 0 bridgehead atoms. The monoisotopic (exact) mass is 194 g/mol. The summed E-state index contributed by atoms with van der Waals surface area (Å²) >= 11 is 0. The molecule has 14 heavy (non-hydrogen) atoms. The van der Waals surface area contributed by atoms with Gasteiger partial charge in [0.25, 0.3) is 0 Å². The summed E-state index contributed by atoms with van der Waals surface area (Å²) in [5.41, 5.74) is 0. The molecule has 3 nitrogen and oxygen atoms in total. The van der Waals surface area contributed by atoms with Gasteiger partial charge >= 0.3 is 0 Å². The number of hydrogen-bond acceptors (Lipinski definition) is 2. The average Bonchev–Trinajstić information content (AvgIpc) is 2.62. The van der Waals surface area contributed by atoms with Gasteiger partial charge in [-0.15, -0.1) is 0 Å². The molecule has 2 atom stereocenters. The van der Waals surface area contributed by atoms with E-state index in [2.05, 4.69) is 18.5 Å². The zero-order chi connectivity index (χ0) is 10.1. The molecule has 0 N–H and O–H groups in total. The second-order valence-electron chi connectivity index (χ2n) is 4.40. The zero-order valence-corrected chi connectivity index (χ0v) is 8.78. The number of carbonyl (C=O) groups is 1. The van der Waals surface area contributed by atoms with Crippen LogP contribution in [0.3, 0.4) is 0 Å². The van der Waals surface area contributed by atoms with Crippen LogP contribution in [0.2, 0.25) is 0 Å². The van der Waals surface area contributed by atoms with Crippen molar-refractivity contribution < 1.29 is 4.79 Å². The molecular formula is C11H18N2O. The SMILES string of the molecule is C=CC(=O)N1CC2CCCN(C)C2C1. The van der Waals surface area contributed by atoms with E-state index in [4.69, 9.17) is 0 Å². The van der Waals surface area contributed by atoms with Crippen molar-refractivity contribution >= 4 is 5.91 Å². The normalized spacial score (nSPS) is 32.8. The Kier molecular flexibility index (Phi) is 2.59. The van der Waals surface area contributed by atoms with E-state index >= 15 is 0 Å². The highest BCUT2D eigenvalue weighted by Gasteiger charge is 2.38. The molecule has 3 heteroatoms. The van der Waals surface area contributed by atoms with Gasteiger partial charge in [-0.25, -0.2) is 0 Å². The van der Waals surface area contributed by atoms with Crippen molar-refractivity contribution in [3.8, 4) is 0 Å². The molecule has 0 aromatic carbocycles. The van der Waals surface area contributed by atoms with Gasteiger partial charge in [0.05, 0.1) is 0 Å². The van der Waals surface area contributed by atoms with Gasteiger partial charge in [-0.2, -0.15) is 0 Å². The minimum Gasteiger partial charge on any atom is -0.337 e. The summed E-state index contributed by atoms with van der Waals surface area (Å²) in [6.45, 7) is 6.54. The third-order valence-corrected chi connectivity index (χ3v) is 3.54. The predicted molar refractivity (Wildman–Crippen MR) is 55.9 cm³/mol. The quantitative estimate of drug-likeness (QED) is 0.574. The second kappa shape index (κ2) is 3.73. The summed E-state index contributed by atoms with van der Waals surface area (Å²) in [6, 6.07) is 0.590. The molecule has 2 fully saturated rings. The number of hydrogen-bond donors (Lipinski definition) is 0. The first-order chi connectivity index (χ1) is 6.72. The molecule has 2 unspecified atom stereocenters. The summed E-state index contributed by atoms with van der Waals surface area (Å²) in [6.07, 6.45) is 3.97. The largest absolute Gasteiger partial charge is 0.337 e. The number of likely N-dealkylation sites (N-methyl/N-ethyl adjacent to an activating group) is 1. The maximum absolute atomic E-state index is 11.5. The lowest BCUT2D eigenvalue weighted by molar-refractivity contribution is -0.125. The topological polar surface area (TPSA) is 23.6 Å². The Morgan fingerprint density at radius 1 is 1.50 bits per heavy atom. The number of piperidine rings is 1. The first-order valence-corrected chi connectivity index (χ1v) is 5.34. The molecule has 2 aliphatic heterocycles. The zero-order valence-electron chi connectivity index (χ0n) is 8.78. The number of amides is 1. The summed E-state index contributed by atoms with van der Waals surface area (Å²) in [5.74, 6) is 0.783. The van der Waals surface area contributed by atoms with Crippen molar-refractivity contribution in [2.45, 2.75) is 18.9 Å². The minimum absolute atomic E-state index is 0.0906. The van der Waals surface area contributed by atoms with Crippen molar-refractivity contribution in [3.05, 3.63) is 12.7 Å². The van der Waals surface area contributed by atoms with Crippen LogP contribution in [0.25, 0.3) is 0 Å². The molecule has 0 aromatic heterocycles. The van der Waals surface area contributed by atoms with Crippen molar-refractivity contribution in [2.24, 2.45) is 5.92 Å². The summed E-state index contributed by atoms with van der Waals surface area (Å²) in [4.78, 5) is 15.8. The lowest BCUT2D eigenvalue weighted by Crippen LogP contribution is -2.42. The van der Waals surface area contributed by atoms with Crippen molar-refractivity contribution in [1.82, 2.24) is 9.80 Å². The van der Waals surface area contributed by atoms with E-state index in [1.807, 2.05) is 4.90 Å². The van der Waals surface area contributed by atoms with Gasteiger partial charge in [0.2, 0.25) is 5.91 Å². The van der Waals surface area contributed by atoms with Crippen LogP contribution in [-0.4, -0.2) is 48.4 Å². The number of rotatable bonds is 1. The van der Waals surface area contributed by atoms with E-state index in [-0.39, 0.29) is 5.91 Å². The Labute approximate surface area is 85.4 Å². The number of likely N-dealkylation sites (tertiary alicyclic amines) is 2. The second-order valence-corrected chi connectivity index (χ2v) is 4.40. The van der Waals surface area contributed by atoms with Crippen LogP contribution in [0.5, 0.6) is 0 Å². The molecule has 0 spiro atoms. The van der Waals surface area contributed by atoms with Gasteiger partial charge in [0.15, 0.2) is 0 Å². The third-order valence-electron chi connectivity index (χ3n) is 3.54. The summed E-state index contributed by atoms with van der Waals surface area (Å²) < 4.78 is 0. The third kappa shape index (κ3) is 1.57. The van der Waals surface area contributed by atoms with Gasteiger partial charge in [0, 0.05) is 19.1 Å². The maximum atomic E-state index is 11.5. The maximum Gasteiger partial charge on any atom is 0.246 e. The van der Waals surface area contributed by atoms with Crippen LogP contribution in [0, 0.1) is 5.92 Å². The standard InChI is InChI=1S/C11H18N2O/c1-3-11(14)13-7-9-5-4-6-12(2)10(9)8-13/h3,9-10H,1,4-8H2,2H3. The van der Waals surface area contributed by atoms with E-state index in [0.29, 0.717) is 12.0 Å². The fourth-order valence-electron chi connectivity index (χ4n) is 2.71. The summed E-state index contributed by atoms with van der Waals surface area (Å²) in [5, 5.41) is 0. The van der Waals surface area contributed by atoms with Gasteiger partial charge in [-0.05, 0) is 38.4 Å². The Hall–Kier alpha value is -0.830. The molecule has 2 heterocycles. The number of carbonyl (C=O) groups excluding carboxylic acids is 1. The van der Waals surface area contributed by atoms with E-state index in [1.54, 1.807) is 0 Å². The van der Waals surface area contributed by atoms with E-state index < -0.39 is 0 Å². The lowest BCUT2D eigenvalue weighted by atomic mass is 9.93. The van der Waals surface area contributed by atoms with Crippen molar-refractivity contribution in [2.75, 3.05) is 26.7 Å². The first-order valence-electron chi connectivity index (χ1n) is 5.34. The van der Waals surface area contributed by atoms with Gasteiger partial charge in [0.1, 0.15) is 0 Å². The molecule has 2 saturated heterocycles. The minimum atomic E-state index is 0.0906. The van der Waals surface area contributed by atoms with Crippen LogP contribution < -0.4 is 0 Å². The highest BCUT2D eigenvalue weighted by atomic mass is 16.2. The average molecular weight is 194 g/mol. The van der Waals surface area contributed by atoms with E-state index in [0.717, 1.165) is 13.1 Å². The molecule has 2 aliphatic rings. The molecule has 0 radical (unpaired) electrons. The highest BCUT2D eigenvalue weighted by molar-refractivity contribution is 5.87. The van der Waals surface area contributed by atoms with Crippen LogP contribution in [0.1, 0.15) is 12.8 Å².